The maximum Gasteiger partial charge on any atom is 0.282 e. The Morgan fingerprint density at radius 3 is 2.50 bits per heavy atom. The maximum atomic E-state index is 14.1. The highest BCUT2D eigenvalue weighted by molar-refractivity contribution is 7.86. The SMILES string of the molecule is COc1ccc(CN2CCCN(S(=O)(=O)N(C)Cc3c(F)cccc3Cl)CC2)cc1. The highest BCUT2D eigenvalue weighted by atomic mass is 35.5. The van der Waals surface area contributed by atoms with Crippen molar-refractivity contribution in [3.05, 3.63) is 64.4 Å². The second kappa shape index (κ2) is 10.1. The molecule has 1 fully saturated rings. The van der Waals surface area contributed by atoms with Gasteiger partial charge in [-0.05, 0) is 42.8 Å². The highest BCUT2D eigenvalue weighted by Gasteiger charge is 2.29. The molecule has 0 unspecified atom stereocenters. The lowest BCUT2D eigenvalue weighted by molar-refractivity contribution is 0.276. The number of methoxy groups -OCH3 is 1. The van der Waals surface area contributed by atoms with Gasteiger partial charge in [0.15, 0.2) is 0 Å². The number of hydrogen-bond acceptors (Lipinski definition) is 4. The zero-order chi connectivity index (χ0) is 21.7. The molecule has 0 saturated carbocycles. The zero-order valence-electron chi connectivity index (χ0n) is 17.2. The molecular weight excluding hydrogens is 429 g/mol. The fourth-order valence-corrected chi connectivity index (χ4v) is 5.09. The van der Waals surface area contributed by atoms with Crippen LogP contribution >= 0.6 is 11.6 Å². The molecule has 6 nitrogen and oxygen atoms in total. The molecule has 30 heavy (non-hydrogen) atoms. The highest BCUT2D eigenvalue weighted by Crippen LogP contribution is 2.23. The van der Waals surface area contributed by atoms with Crippen LogP contribution in [0, 0.1) is 5.82 Å². The first kappa shape index (κ1) is 23.0. The van der Waals surface area contributed by atoms with E-state index in [0.29, 0.717) is 19.6 Å². The number of rotatable bonds is 7. The van der Waals surface area contributed by atoms with Crippen LogP contribution < -0.4 is 4.74 Å². The minimum atomic E-state index is -3.72. The van der Waals surface area contributed by atoms with Crippen LogP contribution in [0.1, 0.15) is 17.5 Å². The largest absolute Gasteiger partial charge is 0.497 e. The Balaban J connectivity index is 1.62. The number of hydrogen-bond donors (Lipinski definition) is 0. The third-order valence-corrected chi connectivity index (χ3v) is 7.56. The summed E-state index contributed by atoms with van der Waals surface area (Å²) >= 11 is 6.06. The summed E-state index contributed by atoms with van der Waals surface area (Å²) in [4.78, 5) is 2.24. The Morgan fingerprint density at radius 1 is 1.10 bits per heavy atom. The lowest BCUT2D eigenvalue weighted by Crippen LogP contribution is -2.43. The molecule has 0 aliphatic carbocycles. The van der Waals surface area contributed by atoms with Gasteiger partial charge in [0.1, 0.15) is 11.6 Å². The summed E-state index contributed by atoms with van der Waals surface area (Å²) in [6, 6.07) is 12.2. The topological polar surface area (TPSA) is 53.1 Å². The first-order valence-corrected chi connectivity index (χ1v) is 11.6. The number of ether oxygens (including phenoxy) is 1. The Labute approximate surface area is 183 Å². The molecule has 0 aromatic heterocycles. The summed E-state index contributed by atoms with van der Waals surface area (Å²) in [6.07, 6.45) is 0.726. The number of halogens is 2. The van der Waals surface area contributed by atoms with Crippen LogP contribution in [0.25, 0.3) is 0 Å². The third kappa shape index (κ3) is 5.50. The quantitative estimate of drug-likeness (QED) is 0.642. The van der Waals surface area contributed by atoms with Crippen LogP contribution in [0.2, 0.25) is 5.02 Å². The molecular formula is C21H27ClFN3O3S. The normalized spacial score (nSPS) is 16.6. The second-order valence-electron chi connectivity index (χ2n) is 7.34. The van der Waals surface area contributed by atoms with Crippen molar-refractivity contribution in [1.82, 2.24) is 13.5 Å². The average molecular weight is 456 g/mol. The van der Waals surface area contributed by atoms with Crippen molar-refractivity contribution in [3.63, 3.8) is 0 Å². The minimum Gasteiger partial charge on any atom is -0.497 e. The van der Waals surface area contributed by atoms with Crippen LogP contribution in [0.3, 0.4) is 0 Å². The van der Waals surface area contributed by atoms with E-state index >= 15 is 0 Å². The van der Waals surface area contributed by atoms with Gasteiger partial charge in [-0.3, -0.25) is 4.90 Å². The van der Waals surface area contributed by atoms with Crippen molar-refractivity contribution < 1.29 is 17.5 Å². The smallest absolute Gasteiger partial charge is 0.282 e. The van der Waals surface area contributed by atoms with Gasteiger partial charge in [0.25, 0.3) is 10.2 Å². The molecule has 0 bridgehead atoms. The minimum absolute atomic E-state index is 0.111. The summed E-state index contributed by atoms with van der Waals surface area (Å²) in [7, 11) is -0.633. The monoisotopic (exact) mass is 455 g/mol. The molecule has 0 amide bonds. The van der Waals surface area contributed by atoms with Crippen molar-refractivity contribution in [2.45, 2.75) is 19.5 Å². The molecule has 2 aromatic rings. The van der Waals surface area contributed by atoms with E-state index in [2.05, 4.69) is 4.90 Å². The van der Waals surface area contributed by atoms with Crippen molar-refractivity contribution >= 4 is 21.8 Å². The Hall–Kier alpha value is -1.71. The van der Waals surface area contributed by atoms with E-state index in [1.807, 2.05) is 24.3 Å². The van der Waals surface area contributed by atoms with Gasteiger partial charge in [0.05, 0.1) is 7.11 Å². The first-order valence-electron chi connectivity index (χ1n) is 9.81. The molecule has 9 heteroatoms. The van der Waals surface area contributed by atoms with E-state index in [1.165, 1.54) is 23.5 Å². The van der Waals surface area contributed by atoms with Crippen molar-refractivity contribution in [1.29, 1.82) is 0 Å². The van der Waals surface area contributed by atoms with Crippen molar-refractivity contribution in [2.75, 3.05) is 40.3 Å². The van der Waals surface area contributed by atoms with E-state index in [-0.39, 0.29) is 17.1 Å². The molecule has 164 valence electrons. The predicted octanol–water partition coefficient (Wildman–Crippen LogP) is 3.37. The van der Waals surface area contributed by atoms with Gasteiger partial charge >= 0.3 is 0 Å². The zero-order valence-corrected chi connectivity index (χ0v) is 18.8. The van der Waals surface area contributed by atoms with Crippen LogP contribution in [-0.2, 0) is 23.3 Å². The van der Waals surface area contributed by atoms with E-state index in [1.54, 1.807) is 13.2 Å². The Bertz CT molecular complexity index is 936. The van der Waals surface area contributed by atoms with Gasteiger partial charge < -0.3 is 4.74 Å². The van der Waals surface area contributed by atoms with Gasteiger partial charge in [0, 0.05) is 50.4 Å². The molecule has 0 radical (unpaired) electrons. The maximum absolute atomic E-state index is 14.1. The molecule has 3 rings (SSSR count). The van der Waals surface area contributed by atoms with Crippen molar-refractivity contribution in [2.24, 2.45) is 0 Å². The van der Waals surface area contributed by atoms with Crippen LogP contribution in [0.4, 0.5) is 4.39 Å². The summed E-state index contributed by atoms with van der Waals surface area (Å²) in [6.45, 7) is 2.88. The number of benzene rings is 2. The van der Waals surface area contributed by atoms with E-state index in [4.69, 9.17) is 16.3 Å². The second-order valence-corrected chi connectivity index (χ2v) is 9.78. The van der Waals surface area contributed by atoms with Gasteiger partial charge in [-0.1, -0.05) is 29.8 Å². The van der Waals surface area contributed by atoms with E-state index in [9.17, 15) is 12.8 Å². The standard InChI is InChI=1S/C21H27ClFN3O3S/c1-24(16-19-20(22)5-3-6-21(19)23)30(27,28)26-12-4-11-25(13-14-26)15-17-7-9-18(29-2)10-8-17/h3,5-10H,4,11-16H2,1-2H3. The Kier molecular flexibility index (Phi) is 7.70. The molecule has 1 aliphatic heterocycles. The molecule has 2 aromatic carbocycles. The van der Waals surface area contributed by atoms with Gasteiger partial charge in [-0.15, -0.1) is 0 Å². The fourth-order valence-electron chi connectivity index (χ4n) is 3.51. The van der Waals surface area contributed by atoms with Crippen LogP contribution in [0.5, 0.6) is 5.75 Å². The van der Waals surface area contributed by atoms with Crippen LogP contribution in [-0.4, -0.2) is 62.3 Å². The van der Waals surface area contributed by atoms with E-state index in [0.717, 1.165) is 35.1 Å². The van der Waals surface area contributed by atoms with E-state index < -0.39 is 16.0 Å². The average Bonchev–Trinajstić information content (AvgIpc) is 2.97. The molecule has 1 heterocycles. The summed E-state index contributed by atoms with van der Waals surface area (Å²) in [5.74, 6) is 0.302. The predicted molar refractivity (Wildman–Crippen MR) is 116 cm³/mol. The van der Waals surface area contributed by atoms with Crippen LogP contribution in [0.15, 0.2) is 42.5 Å². The molecule has 0 spiro atoms. The number of nitrogens with zero attached hydrogens (tertiary/aromatic N) is 3. The lowest BCUT2D eigenvalue weighted by Gasteiger charge is -2.27. The van der Waals surface area contributed by atoms with Gasteiger partial charge in [-0.2, -0.15) is 17.0 Å². The summed E-state index contributed by atoms with van der Waals surface area (Å²) < 4.78 is 48.0. The molecule has 0 N–H and O–H groups in total. The molecule has 1 aliphatic rings. The van der Waals surface area contributed by atoms with Gasteiger partial charge in [-0.25, -0.2) is 4.39 Å². The van der Waals surface area contributed by atoms with Gasteiger partial charge in [0.2, 0.25) is 0 Å². The lowest BCUT2D eigenvalue weighted by atomic mass is 10.2. The fraction of sp³-hybridized carbons (Fsp3) is 0.429. The molecule has 0 atom stereocenters. The summed E-state index contributed by atoms with van der Waals surface area (Å²) in [5.41, 5.74) is 1.33. The summed E-state index contributed by atoms with van der Waals surface area (Å²) in [5, 5.41) is 0.221. The first-order chi connectivity index (χ1) is 14.3. The van der Waals surface area contributed by atoms with Crippen molar-refractivity contribution in [3.8, 4) is 5.75 Å². The third-order valence-electron chi connectivity index (χ3n) is 5.28. The molecule has 1 saturated heterocycles. The Morgan fingerprint density at radius 2 is 1.83 bits per heavy atom.